The number of carbonyl (C=O) groups is 1. The van der Waals surface area contributed by atoms with Gasteiger partial charge in [0.1, 0.15) is 0 Å². The van der Waals surface area contributed by atoms with Crippen molar-refractivity contribution in [2.45, 2.75) is 45.2 Å². The molecule has 104 valence electrons. The number of nitrogens with zero attached hydrogens (tertiary/aromatic N) is 1. The van der Waals surface area contributed by atoms with Gasteiger partial charge in [0.2, 0.25) is 5.91 Å². The highest BCUT2D eigenvalue weighted by molar-refractivity contribution is 5.82. The van der Waals surface area contributed by atoms with E-state index >= 15 is 0 Å². The van der Waals surface area contributed by atoms with Crippen molar-refractivity contribution >= 4 is 5.91 Å². The van der Waals surface area contributed by atoms with Crippen LogP contribution in [0.15, 0.2) is 24.5 Å². The Morgan fingerprint density at radius 1 is 1.63 bits per heavy atom. The SMILES string of the molecule is CCC1CCNC(C(=O)N[C@@H](C)c2cccnc2)C1. The zero-order valence-corrected chi connectivity index (χ0v) is 11.7. The van der Waals surface area contributed by atoms with Gasteiger partial charge in [-0.25, -0.2) is 0 Å². The Hall–Kier alpha value is -1.42. The Kier molecular flexibility index (Phi) is 4.91. The van der Waals surface area contributed by atoms with Gasteiger partial charge in [0.15, 0.2) is 0 Å². The van der Waals surface area contributed by atoms with E-state index in [9.17, 15) is 4.79 Å². The molecule has 1 aromatic heterocycles. The van der Waals surface area contributed by atoms with E-state index in [1.165, 1.54) is 6.42 Å². The molecule has 1 aromatic rings. The molecule has 1 fully saturated rings. The lowest BCUT2D eigenvalue weighted by molar-refractivity contribution is -0.124. The van der Waals surface area contributed by atoms with Gasteiger partial charge in [0.05, 0.1) is 12.1 Å². The molecule has 2 rings (SSSR count). The average Bonchev–Trinajstić information content (AvgIpc) is 2.48. The smallest absolute Gasteiger partial charge is 0.237 e. The number of hydrogen-bond donors (Lipinski definition) is 2. The molecule has 1 aliphatic heterocycles. The van der Waals surface area contributed by atoms with E-state index in [-0.39, 0.29) is 18.0 Å². The van der Waals surface area contributed by atoms with Crippen molar-refractivity contribution in [3.63, 3.8) is 0 Å². The van der Waals surface area contributed by atoms with Crippen molar-refractivity contribution in [3.05, 3.63) is 30.1 Å². The predicted molar refractivity (Wildman–Crippen MR) is 75.6 cm³/mol. The van der Waals surface area contributed by atoms with E-state index in [1.54, 1.807) is 12.4 Å². The third-order valence-electron chi connectivity index (χ3n) is 3.95. The molecule has 0 spiro atoms. The highest BCUT2D eigenvalue weighted by Gasteiger charge is 2.26. The number of hydrogen-bond acceptors (Lipinski definition) is 3. The molecule has 0 bridgehead atoms. The number of nitrogens with one attached hydrogen (secondary N) is 2. The number of piperidine rings is 1. The normalized spacial score (nSPS) is 24.7. The van der Waals surface area contributed by atoms with Crippen LogP contribution in [0.25, 0.3) is 0 Å². The highest BCUT2D eigenvalue weighted by Crippen LogP contribution is 2.20. The third kappa shape index (κ3) is 3.77. The fourth-order valence-corrected chi connectivity index (χ4v) is 2.60. The lowest BCUT2D eigenvalue weighted by Gasteiger charge is -2.29. The van der Waals surface area contributed by atoms with E-state index in [4.69, 9.17) is 0 Å². The maximum absolute atomic E-state index is 12.2. The van der Waals surface area contributed by atoms with Gasteiger partial charge in [-0.3, -0.25) is 9.78 Å². The van der Waals surface area contributed by atoms with Gasteiger partial charge >= 0.3 is 0 Å². The number of aromatic nitrogens is 1. The van der Waals surface area contributed by atoms with Crippen LogP contribution in [0.3, 0.4) is 0 Å². The summed E-state index contributed by atoms with van der Waals surface area (Å²) in [5, 5.41) is 6.38. The minimum Gasteiger partial charge on any atom is -0.348 e. The van der Waals surface area contributed by atoms with Crippen molar-refractivity contribution in [2.24, 2.45) is 5.92 Å². The molecular formula is C15H23N3O. The molecule has 4 heteroatoms. The molecule has 0 aromatic carbocycles. The summed E-state index contributed by atoms with van der Waals surface area (Å²) in [5.41, 5.74) is 1.04. The van der Waals surface area contributed by atoms with Crippen molar-refractivity contribution < 1.29 is 4.79 Å². The van der Waals surface area contributed by atoms with E-state index < -0.39 is 0 Å². The van der Waals surface area contributed by atoms with E-state index in [2.05, 4.69) is 22.5 Å². The van der Waals surface area contributed by atoms with Crippen LogP contribution in [0.5, 0.6) is 0 Å². The summed E-state index contributed by atoms with van der Waals surface area (Å²) < 4.78 is 0. The Balaban J connectivity index is 1.90. The summed E-state index contributed by atoms with van der Waals surface area (Å²) in [6, 6.07) is 3.84. The molecule has 2 unspecified atom stereocenters. The molecule has 2 N–H and O–H groups in total. The van der Waals surface area contributed by atoms with Crippen LogP contribution < -0.4 is 10.6 Å². The third-order valence-corrected chi connectivity index (χ3v) is 3.95. The molecule has 1 aliphatic rings. The Morgan fingerprint density at radius 3 is 3.16 bits per heavy atom. The minimum atomic E-state index is -0.0437. The minimum absolute atomic E-state index is 0.00463. The van der Waals surface area contributed by atoms with Crippen LogP contribution in [0.1, 0.15) is 44.7 Å². The first kappa shape index (κ1) is 14.0. The maximum atomic E-state index is 12.2. The monoisotopic (exact) mass is 261 g/mol. The van der Waals surface area contributed by atoms with Crippen molar-refractivity contribution in [1.82, 2.24) is 15.6 Å². The Labute approximate surface area is 115 Å². The second-order valence-electron chi connectivity index (χ2n) is 5.32. The largest absolute Gasteiger partial charge is 0.348 e. The van der Waals surface area contributed by atoms with E-state index in [0.717, 1.165) is 24.9 Å². The highest BCUT2D eigenvalue weighted by atomic mass is 16.2. The number of amides is 1. The number of carbonyl (C=O) groups excluding carboxylic acids is 1. The molecule has 3 atom stereocenters. The molecule has 1 saturated heterocycles. The molecule has 0 radical (unpaired) electrons. The predicted octanol–water partition coefficient (Wildman–Crippen LogP) is 2.04. The van der Waals surface area contributed by atoms with Crippen LogP contribution in [0, 0.1) is 5.92 Å². The van der Waals surface area contributed by atoms with Gasteiger partial charge in [-0.2, -0.15) is 0 Å². The van der Waals surface area contributed by atoms with Crippen LogP contribution in [-0.2, 0) is 4.79 Å². The van der Waals surface area contributed by atoms with Crippen molar-refractivity contribution in [3.8, 4) is 0 Å². The van der Waals surface area contributed by atoms with Gasteiger partial charge in [-0.05, 0) is 43.9 Å². The Morgan fingerprint density at radius 2 is 2.47 bits per heavy atom. The molecule has 1 amide bonds. The molecule has 0 saturated carbocycles. The second-order valence-corrected chi connectivity index (χ2v) is 5.32. The summed E-state index contributed by atoms with van der Waals surface area (Å²) in [7, 11) is 0. The maximum Gasteiger partial charge on any atom is 0.237 e. The summed E-state index contributed by atoms with van der Waals surface area (Å²) >= 11 is 0. The zero-order valence-electron chi connectivity index (χ0n) is 11.7. The van der Waals surface area contributed by atoms with Crippen molar-refractivity contribution in [2.75, 3.05) is 6.54 Å². The first-order valence-electron chi connectivity index (χ1n) is 7.14. The van der Waals surface area contributed by atoms with Gasteiger partial charge in [-0.15, -0.1) is 0 Å². The van der Waals surface area contributed by atoms with Crippen LogP contribution in [-0.4, -0.2) is 23.5 Å². The first-order chi connectivity index (χ1) is 9.20. The summed E-state index contributed by atoms with van der Waals surface area (Å²) in [4.78, 5) is 16.3. The Bertz CT molecular complexity index is 407. The summed E-state index contributed by atoms with van der Waals surface area (Å²) in [5.74, 6) is 0.778. The molecule has 4 nitrogen and oxygen atoms in total. The van der Waals surface area contributed by atoms with Gasteiger partial charge in [0, 0.05) is 12.4 Å². The fraction of sp³-hybridized carbons (Fsp3) is 0.600. The molecule has 19 heavy (non-hydrogen) atoms. The number of rotatable bonds is 4. The lowest BCUT2D eigenvalue weighted by atomic mass is 9.90. The van der Waals surface area contributed by atoms with Gasteiger partial charge < -0.3 is 10.6 Å². The molecule has 0 aliphatic carbocycles. The van der Waals surface area contributed by atoms with Crippen LogP contribution in [0.2, 0.25) is 0 Å². The molecule has 2 heterocycles. The van der Waals surface area contributed by atoms with Gasteiger partial charge in [0.25, 0.3) is 0 Å². The first-order valence-corrected chi connectivity index (χ1v) is 7.14. The van der Waals surface area contributed by atoms with Gasteiger partial charge in [-0.1, -0.05) is 19.4 Å². The van der Waals surface area contributed by atoms with E-state index in [1.807, 2.05) is 19.1 Å². The topological polar surface area (TPSA) is 54.0 Å². The zero-order chi connectivity index (χ0) is 13.7. The van der Waals surface area contributed by atoms with E-state index in [0.29, 0.717) is 5.92 Å². The second kappa shape index (κ2) is 6.66. The summed E-state index contributed by atoms with van der Waals surface area (Å²) in [6.07, 6.45) is 6.82. The molecular weight excluding hydrogens is 238 g/mol. The summed E-state index contributed by atoms with van der Waals surface area (Å²) in [6.45, 7) is 5.14. The van der Waals surface area contributed by atoms with Crippen LogP contribution in [0.4, 0.5) is 0 Å². The standard InChI is InChI=1S/C15H23N3O/c1-3-12-6-8-17-14(9-12)15(19)18-11(2)13-5-4-7-16-10-13/h4-5,7,10-12,14,17H,3,6,8-9H2,1-2H3,(H,18,19)/t11-,12?,14?/m0/s1. The van der Waals surface area contributed by atoms with Crippen molar-refractivity contribution in [1.29, 1.82) is 0 Å². The quantitative estimate of drug-likeness (QED) is 0.872. The fourth-order valence-electron chi connectivity index (χ4n) is 2.60. The average molecular weight is 261 g/mol. The van der Waals surface area contributed by atoms with Crippen LogP contribution >= 0.6 is 0 Å². The lowest BCUT2D eigenvalue weighted by Crippen LogP contribution is -2.49. The number of pyridine rings is 1.